The van der Waals surface area contributed by atoms with E-state index < -0.39 is 29.6 Å². The van der Waals surface area contributed by atoms with Crippen LogP contribution in [0.5, 0.6) is 0 Å². The molecule has 1 aromatic carbocycles. The van der Waals surface area contributed by atoms with Crippen LogP contribution in [-0.2, 0) is 11.2 Å². The fourth-order valence-corrected chi connectivity index (χ4v) is 3.10. The molecule has 0 bridgehead atoms. The molecule has 6 heteroatoms. The topological polar surface area (TPSA) is 17.1 Å². The van der Waals surface area contributed by atoms with Crippen LogP contribution in [0, 0.1) is 17.7 Å². The van der Waals surface area contributed by atoms with E-state index in [1.165, 1.54) is 12.1 Å². The van der Waals surface area contributed by atoms with Crippen LogP contribution in [0.2, 0.25) is 5.02 Å². The largest absolute Gasteiger partial charge is 0.392 e. The van der Waals surface area contributed by atoms with Gasteiger partial charge in [0.1, 0.15) is 11.6 Å². The third-order valence-electron chi connectivity index (χ3n) is 3.97. The van der Waals surface area contributed by atoms with Crippen LogP contribution in [0.15, 0.2) is 18.2 Å². The summed E-state index contributed by atoms with van der Waals surface area (Å²) in [5, 5.41) is 0.259. The minimum atomic E-state index is -4.38. The van der Waals surface area contributed by atoms with E-state index >= 15 is 0 Å². The Morgan fingerprint density at radius 2 is 1.90 bits per heavy atom. The number of hydrogen-bond acceptors (Lipinski definition) is 1. The van der Waals surface area contributed by atoms with Crippen LogP contribution in [0.3, 0.4) is 0 Å². The number of halogens is 5. The molecule has 0 amide bonds. The maximum Gasteiger partial charge on any atom is 0.392 e. The summed E-state index contributed by atoms with van der Waals surface area (Å²) in [4.78, 5) is 12.2. The quantitative estimate of drug-likeness (QED) is 0.719. The molecule has 1 fully saturated rings. The molecule has 0 aliphatic heterocycles. The molecule has 0 aromatic heterocycles. The van der Waals surface area contributed by atoms with Crippen molar-refractivity contribution in [3.63, 3.8) is 0 Å². The molecule has 21 heavy (non-hydrogen) atoms. The molecule has 116 valence electrons. The lowest BCUT2D eigenvalue weighted by Crippen LogP contribution is -2.38. The van der Waals surface area contributed by atoms with Crippen LogP contribution in [0.4, 0.5) is 17.6 Å². The summed E-state index contributed by atoms with van der Waals surface area (Å²) in [7, 11) is 0. The average Bonchev–Trinajstić information content (AvgIpc) is 2.42. The van der Waals surface area contributed by atoms with Gasteiger partial charge in [0, 0.05) is 17.4 Å². The smallest absolute Gasteiger partial charge is 0.299 e. The predicted octanol–water partition coefficient (Wildman–Crippen LogP) is 4.96. The Kier molecular flexibility index (Phi) is 4.91. The number of Topliss-reactive ketones (excluding diaryl/α,β-unsaturated/α-hetero) is 1. The molecule has 1 saturated carbocycles. The maximum absolute atomic E-state index is 13.6. The first-order chi connectivity index (χ1) is 9.79. The van der Waals surface area contributed by atoms with E-state index in [1.807, 2.05) is 0 Å². The minimum Gasteiger partial charge on any atom is -0.299 e. The van der Waals surface area contributed by atoms with Crippen molar-refractivity contribution in [3.8, 4) is 0 Å². The van der Waals surface area contributed by atoms with Gasteiger partial charge in [-0.2, -0.15) is 13.2 Å². The second-order valence-electron chi connectivity index (χ2n) is 5.42. The number of benzene rings is 1. The standard InChI is InChI=1S/C15H15ClF4O/c16-10-5-6-13(17)9(7-10)8-14(21)11-3-1-2-4-12(11)15(18,19)20/h5-7,11-12H,1-4,8H2. The van der Waals surface area contributed by atoms with Gasteiger partial charge in [0.2, 0.25) is 0 Å². The summed E-state index contributed by atoms with van der Waals surface area (Å²) in [5.74, 6) is -3.86. The molecular weight excluding hydrogens is 308 g/mol. The van der Waals surface area contributed by atoms with Crippen LogP contribution >= 0.6 is 11.6 Å². The first-order valence-electron chi connectivity index (χ1n) is 6.82. The SMILES string of the molecule is O=C(Cc1cc(Cl)ccc1F)C1CCCCC1C(F)(F)F. The fraction of sp³-hybridized carbons (Fsp3) is 0.533. The van der Waals surface area contributed by atoms with Gasteiger partial charge < -0.3 is 0 Å². The van der Waals surface area contributed by atoms with E-state index in [9.17, 15) is 22.4 Å². The Balaban J connectivity index is 2.16. The van der Waals surface area contributed by atoms with Crippen LogP contribution < -0.4 is 0 Å². The minimum absolute atomic E-state index is 0.0298. The van der Waals surface area contributed by atoms with E-state index in [2.05, 4.69) is 0 Å². The van der Waals surface area contributed by atoms with Gasteiger partial charge in [-0.15, -0.1) is 0 Å². The Morgan fingerprint density at radius 3 is 2.57 bits per heavy atom. The summed E-state index contributed by atoms with van der Waals surface area (Å²) in [6.45, 7) is 0. The lowest BCUT2D eigenvalue weighted by Gasteiger charge is -2.32. The monoisotopic (exact) mass is 322 g/mol. The maximum atomic E-state index is 13.6. The summed E-state index contributed by atoms with van der Waals surface area (Å²) in [6.07, 6.45) is -3.47. The first-order valence-corrected chi connectivity index (χ1v) is 7.20. The summed E-state index contributed by atoms with van der Waals surface area (Å²) >= 11 is 5.73. The van der Waals surface area contributed by atoms with Crippen molar-refractivity contribution in [1.82, 2.24) is 0 Å². The van der Waals surface area contributed by atoms with Crippen molar-refractivity contribution in [2.45, 2.75) is 38.3 Å². The molecule has 2 rings (SSSR count). The number of carbonyl (C=O) groups is 1. The normalized spacial score (nSPS) is 23.1. The molecule has 1 aliphatic carbocycles. The van der Waals surface area contributed by atoms with Gasteiger partial charge in [-0.3, -0.25) is 4.79 Å². The molecule has 0 N–H and O–H groups in total. The zero-order valence-corrected chi connectivity index (χ0v) is 12.0. The van der Waals surface area contributed by atoms with Gasteiger partial charge in [-0.05, 0) is 36.6 Å². The van der Waals surface area contributed by atoms with Crippen LogP contribution in [0.25, 0.3) is 0 Å². The Bertz CT molecular complexity index is 527. The number of carbonyl (C=O) groups excluding carboxylic acids is 1. The molecule has 1 aliphatic rings. The summed E-state index contributed by atoms with van der Waals surface area (Å²) < 4.78 is 52.6. The highest BCUT2D eigenvalue weighted by atomic mass is 35.5. The number of hydrogen-bond donors (Lipinski definition) is 0. The van der Waals surface area contributed by atoms with E-state index in [4.69, 9.17) is 11.6 Å². The highest BCUT2D eigenvalue weighted by Gasteiger charge is 2.47. The number of rotatable bonds is 3. The molecule has 0 radical (unpaired) electrons. The predicted molar refractivity (Wildman–Crippen MR) is 71.6 cm³/mol. The molecule has 1 nitrogen and oxygen atoms in total. The van der Waals surface area contributed by atoms with Crippen LogP contribution in [-0.4, -0.2) is 12.0 Å². The van der Waals surface area contributed by atoms with Crippen molar-refractivity contribution < 1.29 is 22.4 Å². The van der Waals surface area contributed by atoms with Crippen molar-refractivity contribution in [1.29, 1.82) is 0 Å². The zero-order valence-electron chi connectivity index (χ0n) is 11.2. The summed E-state index contributed by atoms with van der Waals surface area (Å²) in [6, 6.07) is 3.75. The van der Waals surface area contributed by atoms with Gasteiger partial charge in [0.15, 0.2) is 0 Å². The van der Waals surface area contributed by atoms with E-state index in [-0.39, 0.29) is 29.8 Å². The van der Waals surface area contributed by atoms with Gasteiger partial charge in [-0.25, -0.2) is 4.39 Å². The van der Waals surface area contributed by atoms with Crippen molar-refractivity contribution >= 4 is 17.4 Å². The molecular formula is C15H15ClF4O. The highest BCUT2D eigenvalue weighted by Crippen LogP contribution is 2.42. The van der Waals surface area contributed by atoms with Crippen molar-refractivity contribution in [2.75, 3.05) is 0 Å². The number of ketones is 1. The fourth-order valence-electron chi connectivity index (χ4n) is 2.91. The van der Waals surface area contributed by atoms with Crippen molar-refractivity contribution in [3.05, 3.63) is 34.6 Å². The van der Waals surface area contributed by atoms with Gasteiger partial charge >= 0.3 is 6.18 Å². The number of alkyl halides is 3. The molecule has 0 saturated heterocycles. The van der Waals surface area contributed by atoms with Gasteiger partial charge in [0.05, 0.1) is 5.92 Å². The van der Waals surface area contributed by atoms with Gasteiger partial charge in [0.25, 0.3) is 0 Å². The molecule has 0 heterocycles. The van der Waals surface area contributed by atoms with E-state index in [1.54, 1.807) is 0 Å². The Hall–Kier alpha value is -1.10. The lowest BCUT2D eigenvalue weighted by molar-refractivity contribution is -0.197. The lowest BCUT2D eigenvalue weighted by atomic mass is 9.75. The molecule has 1 aromatic rings. The zero-order chi connectivity index (χ0) is 15.6. The van der Waals surface area contributed by atoms with E-state index in [0.29, 0.717) is 12.8 Å². The third kappa shape index (κ3) is 3.96. The average molecular weight is 323 g/mol. The molecule has 0 spiro atoms. The first kappa shape index (κ1) is 16.3. The second kappa shape index (κ2) is 6.34. The van der Waals surface area contributed by atoms with Crippen molar-refractivity contribution in [2.24, 2.45) is 11.8 Å². The molecule has 2 atom stereocenters. The highest BCUT2D eigenvalue weighted by molar-refractivity contribution is 6.30. The third-order valence-corrected chi connectivity index (χ3v) is 4.21. The molecule has 2 unspecified atom stereocenters. The summed E-state index contributed by atoms with van der Waals surface area (Å²) in [5.41, 5.74) is 0.0546. The Morgan fingerprint density at radius 1 is 1.24 bits per heavy atom. The van der Waals surface area contributed by atoms with Gasteiger partial charge in [-0.1, -0.05) is 24.4 Å². The Labute approximate surface area is 125 Å². The van der Waals surface area contributed by atoms with E-state index in [0.717, 1.165) is 6.07 Å². The second-order valence-corrected chi connectivity index (χ2v) is 5.85. The van der Waals surface area contributed by atoms with Crippen LogP contribution in [0.1, 0.15) is 31.2 Å².